The Morgan fingerprint density at radius 3 is 2.65 bits per heavy atom. The van der Waals surface area contributed by atoms with E-state index in [9.17, 15) is 9.90 Å². The first kappa shape index (κ1) is 15.5. The summed E-state index contributed by atoms with van der Waals surface area (Å²) in [6.07, 6.45) is 0.664. The number of aliphatic hydroxyl groups excluding tert-OH is 1. The van der Waals surface area contributed by atoms with Gasteiger partial charge in [-0.25, -0.2) is 0 Å². The van der Waals surface area contributed by atoms with E-state index in [-0.39, 0.29) is 12.5 Å². The Morgan fingerprint density at radius 2 is 2.00 bits per heavy atom. The van der Waals surface area contributed by atoms with Crippen LogP contribution in [0.1, 0.15) is 27.8 Å². The summed E-state index contributed by atoms with van der Waals surface area (Å²) in [5.74, 6) is 0.363. The van der Waals surface area contributed by atoms with Crippen molar-refractivity contribution >= 4 is 17.2 Å². The molecule has 23 heavy (non-hydrogen) atoms. The van der Waals surface area contributed by atoms with Crippen LogP contribution >= 0.6 is 11.3 Å². The lowest BCUT2D eigenvalue weighted by molar-refractivity contribution is 0.0563. The van der Waals surface area contributed by atoms with E-state index in [1.54, 1.807) is 23.1 Å². The molecule has 118 valence electrons. The lowest BCUT2D eigenvalue weighted by Gasteiger charge is -2.24. The summed E-state index contributed by atoms with van der Waals surface area (Å²) in [6, 6.07) is 15.0. The minimum absolute atomic E-state index is 0.0966. The molecule has 3 aromatic rings. The maximum absolute atomic E-state index is 12.7. The monoisotopic (exact) mass is 327 g/mol. The van der Waals surface area contributed by atoms with Crippen LogP contribution in [0.3, 0.4) is 0 Å². The molecule has 0 fully saturated rings. The molecule has 0 aliphatic carbocycles. The second-order valence-corrected chi connectivity index (χ2v) is 5.99. The SMILES string of the molecule is O=C(c1ccsc1)N(Cc1ccccc1)CC(O)c1ccco1. The van der Waals surface area contributed by atoms with Crippen LogP contribution in [-0.2, 0) is 6.54 Å². The average molecular weight is 327 g/mol. The number of rotatable bonds is 6. The number of hydrogen-bond donors (Lipinski definition) is 1. The van der Waals surface area contributed by atoms with Gasteiger partial charge in [0.1, 0.15) is 11.9 Å². The Kier molecular flexibility index (Phi) is 4.90. The highest BCUT2D eigenvalue weighted by atomic mass is 32.1. The van der Waals surface area contributed by atoms with Crippen molar-refractivity contribution in [2.75, 3.05) is 6.54 Å². The normalized spacial score (nSPS) is 12.0. The van der Waals surface area contributed by atoms with E-state index in [1.807, 2.05) is 41.1 Å². The second-order valence-electron chi connectivity index (χ2n) is 5.21. The van der Waals surface area contributed by atoms with E-state index < -0.39 is 6.10 Å². The van der Waals surface area contributed by atoms with Crippen LogP contribution in [0.4, 0.5) is 0 Å². The van der Waals surface area contributed by atoms with Gasteiger partial charge in [0.25, 0.3) is 5.91 Å². The Hall–Kier alpha value is -2.37. The highest BCUT2D eigenvalue weighted by molar-refractivity contribution is 7.08. The van der Waals surface area contributed by atoms with Gasteiger partial charge in [-0.1, -0.05) is 30.3 Å². The largest absolute Gasteiger partial charge is 0.467 e. The number of amides is 1. The minimum atomic E-state index is -0.851. The summed E-state index contributed by atoms with van der Waals surface area (Å²) in [4.78, 5) is 14.3. The smallest absolute Gasteiger partial charge is 0.255 e. The highest BCUT2D eigenvalue weighted by Crippen LogP contribution is 2.19. The second kappa shape index (κ2) is 7.26. The van der Waals surface area contributed by atoms with E-state index in [0.717, 1.165) is 5.56 Å². The minimum Gasteiger partial charge on any atom is -0.467 e. The number of nitrogens with zero attached hydrogens (tertiary/aromatic N) is 1. The van der Waals surface area contributed by atoms with Crippen LogP contribution in [0.5, 0.6) is 0 Å². The standard InChI is InChI=1S/C18H17NO3S/c20-16(17-7-4-9-22-17)12-19(11-14-5-2-1-3-6-14)18(21)15-8-10-23-13-15/h1-10,13,16,20H,11-12H2. The molecule has 2 heterocycles. The number of thiophene rings is 1. The van der Waals surface area contributed by atoms with Gasteiger partial charge in [0.05, 0.1) is 18.4 Å². The number of carbonyl (C=O) groups is 1. The molecular weight excluding hydrogens is 310 g/mol. The van der Waals surface area contributed by atoms with Crippen molar-refractivity contribution in [2.24, 2.45) is 0 Å². The van der Waals surface area contributed by atoms with Crippen molar-refractivity contribution in [1.82, 2.24) is 4.90 Å². The molecule has 0 spiro atoms. The number of benzene rings is 1. The van der Waals surface area contributed by atoms with Crippen LogP contribution in [0.15, 0.2) is 70.0 Å². The summed E-state index contributed by atoms with van der Waals surface area (Å²) in [5.41, 5.74) is 1.65. The maximum Gasteiger partial charge on any atom is 0.255 e. The Bertz CT molecular complexity index is 723. The summed E-state index contributed by atoms with van der Waals surface area (Å²) < 4.78 is 5.23. The molecule has 3 rings (SSSR count). The molecular formula is C18H17NO3S. The predicted molar refractivity (Wildman–Crippen MR) is 89.2 cm³/mol. The van der Waals surface area contributed by atoms with Gasteiger partial charge >= 0.3 is 0 Å². The molecule has 1 amide bonds. The maximum atomic E-state index is 12.7. The third-order valence-electron chi connectivity index (χ3n) is 3.54. The quantitative estimate of drug-likeness (QED) is 0.751. The zero-order valence-electron chi connectivity index (χ0n) is 12.5. The van der Waals surface area contributed by atoms with Gasteiger partial charge in [-0.2, -0.15) is 11.3 Å². The van der Waals surface area contributed by atoms with Crippen LogP contribution in [0.2, 0.25) is 0 Å². The zero-order chi connectivity index (χ0) is 16.1. The molecule has 4 nitrogen and oxygen atoms in total. The van der Waals surface area contributed by atoms with Gasteiger partial charge in [-0.05, 0) is 29.1 Å². The van der Waals surface area contributed by atoms with Gasteiger partial charge in [-0.3, -0.25) is 4.79 Å². The third kappa shape index (κ3) is 3.88. The number of hydrogen-bond acceptors (Lipinski definition) is 4. The third-order valence-corrected chi connectivity index (χ3v) is 4.22. The predicted octanol–water partition coefficient (Wildman–Crippen LogP) is 3.72. The zero-order valence-corrected chi connectivity index (χ0v) is 13.3. The van der Waals surface area contributed by atoms with Gasteiger partial charge in [0.2, 0.25) is 0 Å². The molecule has 0 bridgehead atoms. The van der Waals surface area contributed by atoms with E-state index in [4.69, 9.17) is 4.42 Å². The molecule has 5 heteroatoms. The molecule has 1 unspecified atom stereocenters. The fraction of sp³-hybridized carbons (Fsp3) is 0.167. The molecule has 1 atom stereocenters. The lowest BCUT2D eigenvalue weighted by atomic mass is 10.1. The molecule has 1 N–H and O–H groups in total. The summed E-state index contributed by atoms with van der Waals surface area (Å²) in [6.45, 7) is 0.615. The van der Waals surface area contributed by atoms with Crippen LogP contribution in [-0.4, -0.2) is 22.5 Å². The Morgan fingerprint density at radius 1 is 1.17 bits per heavy atom. The fourth-order valence-corrected chi connectivity index (χ4v) is 3.00. The number of carbonyl (C=O) groups excluding carboxylic acids is 1. The first-order chi connectivity index (χ1) is 11.2. The van der Waals surface area contributed by atoms with E-state index in [2.05, 4.69) is 0 Å². The number of aliphatic hydroxyl groups is 1. The van der Waals surface area contributed by atoms with Crippen LogP contribution in [0.25, 0.3) is 0 Å². The highest BCUT2D eigenvalue weighted by Gasteiger charge is 2.22. The number of furan rings is 1. The van der Waals surface area contributed by atoms with Crippen molar-refractivity contribution in [3.63, 3.8) is 0 Å². The van der Waals surface area contributed by atoms with Crippen molar-refractivity contribution in [3.05, 3.63) is 82.4 Å². The molecule has 0 saturated heterocycles. The van der Waals surface area contributed by atoms with Gasteiger partial charge < -0.3 is 14.4 Å². The summed E-state index contributed by atoms with van der Waals surface area (Å²) in [5, 5.41) is 14.0. The molecule has 1 aromatic carbocycles. The Balaban J connectivity index is 1.79. The van der Waals surface area contributed by atoms with Crippen molar-refractivity contribution < 1.29 is 14.3 Å². The lowest BCUT2D eigenvalue weighted by Crippen LogP contribution is -2.34. The molecule has 0 aliphatic heterocycles. The van der Waals surface area contributed by atoms with Gasteiger partial charge in [0.15, 0.2) is 0 Å². The van der Waals surface area contributed by atoms with Crippen LogP contribution in [0, 0.1) is 0 Å². The Labute approximate surface area is 138 Å². The fourth-order valence-electron chi connectivity index (χ4n) is 2.37. The molecule has 0 saturated carbocycles. The van der Waals surface area contributed by atoms with E-state index in [0.29, 0.717) is 17.9 Å². The summed E-state index contributed by atoms with van der Waals surface area (Å²) >= 11 is 1.48. The van der Waals surface area contributed by atoms with Crippen molar-refractivity contribution in [3.8, 4) is 0 Å². The van der Waals surface area contributed by atoms with Crippen molar-refractivity contribution in [1.29, 1.82) is 0 Å². The summed E-state index contributed by atoms with van der Waals surface area (Å²) in [7, 11) is 0. The first-order valence-corrected chi connectivity index (χ1v) is 8.25. The van der Waals surface area contributed by atoms with E-state index >= 15 is 0 Å². The molecule has 2 aromatic heterocycles. The van der Waals surface area contributed by atoms with Crippen molar-refractivity contribution in [2.45, 2.75) is 12.6 Å². The molecule has 0 radical (unpaired) electrons. The van der Waals surface area contributed by atoms with Crippen LogP contribution < -0.4 is 0 Å². The molecule has 0 aliphatic rings. The first-order valence-electron chi connectivity index (χ1n) is 7.31. The van der Waals surface area contributed by atoms with Gasteiger partial charge in [0, 0.05) is 11.9 Å². The topological polar surface area (TPSA) is 53.7 Å². The van der Waals surface area contributed by atoms with E-state index in [1.165, 1.54) is 17.6 Å². The average Bonchev–Trinajstić information content (AvgIpc) is 3.27. The van der Waals surface area contributed by atoms with Gasteiger partial charge in [-0.15, -0.1) is 0 Å².